The summed E-state index contributed by atoms with van der Waals surface area (Å²) in [5.41, 5.74) is 2.60. The van der Waals surface area contributed by atoms with E-state index in [1.165, 1.54) is 0 Å². The largest absolute Gasteiger partial charge is 0.497 e. The van der Waals surface area contributed by atoms with Gasteiger partial charge in [-0.1, -0.05) is 0 Å². The molecule has 0 saturated carbocycles. The maximum absolute atomic E-state index is 5.26. The number of tetrazole rings is 1. The van der Waals surface area contributed by atoms with Gasteiger partial charge in [-0.3, -0.25) is 0 Å². The molecule has 0 fully saturated rings. The first-order chi connectivity index (χ1) is 14.2. The molecule has 0 N–H and O–H groups in total. The van der Waals surface area contributed by atoms with Crippen LogP contribution in [0, 0.1) is 0 Å². The Hall–Kier alpha value is -3.87. The minimum Gasteiger partial charge on any atom is -0.497 e. The quantitative estimate of drug-likeness (QED) is 0.474. The molecule has 1 heterocycles. The fraction of sp³-hybridized carbons (Fsp3) is 0.136. The molecular formula is C22H21N4O3+. The summed E-state index contributed by atoms with van der Waals surface area (Å²) < 4.78 is 15.8. The molecule has 0 bridgehead atoms. The average Bonchev–Trinajstić information content (AvgIpc) is 3.24. The molecule has 4 rings (SSSR count). The molecule has 1 aromatic heterocycles. The van der Waals surface area contributed by atoms with Crippen molar-refractivity contribution in [2.45, 2.75) is 0 Å². The second kappa shape index (κ2) is 8.02. The number of methoxy groups -OCH3 is 3. The summed E-state index contributed by atoms with van der Waals surface area (Å²) in [4.78, 5) is 3.50. The van der Waals surface area contributed by atoms with Crippen molar-refractivity contribution in [1.82, 2.24) is 15.0 Å². The molecule has 7 nitrogen and oxygen atoms in total. The maximum atomic E-state index is 5.26. The van der Waals surface area contributed by atoms with Gasteiger partial charge in [-0.05, 0) is 82.7 Å². The van der Waals surface area contributed by atoms with Crippen molar-refractivity contribution in [3.63, 3.8) is 0 Å². The molecule has 7 heteroatoms. The third kappa shape index (κ3) is 3.75. The van der Waals surface area contributed by atoms with E-state index in [0.29, 0.717) is 5.82 Å². The zero-order valence-electron chi connectivity index (χ0n) is 16.4. The van der Waals surface area contributed by atoms with Crippen LogP contribution in [-0.2, 0) is 0 Å². The van der Waals surface area contributed by atoms with Crippen molar-refractivity contribution in [2.75, 3.05) is 21.3 Å². The predicted octanol–water partition coefficient (Wildman–Crippen LogP) is 3.24. The molecule has 0 spiro atoms. The van der Waals surface area contributed by atoms with Crippen LogP contribution < -0.4 is 19.0 Å². The molecular weight excluding hydrogens is 368 g/mol. The lowest BCUT2D eigenvalue weighted by atomic mass is 10.2. The Bertz CT molecular complexity index is 1020. The second-order valence-electron chi connectivity index (χ2n) is 6.23. The summed E-state index contributed by atoms with van der Waals surface area (Å²) in [7, 11) is 4.93. The number of aromatic nitrogens is 4. The number of hydrogen-bond donors (Lipinski definition) is 0. The molecule has 3 aromatic carbocycles. The lowest BCUT2D eigenvalue weighted by Crippen LogP contribution is -2.43. The monoisotopic (exact) mass is 389 g/mol. The van der Waals surface area contributed by atoms with E-state index in [-0.39, 0.29) is 0 Å². The van der Waals surface area contributed by atoms with Crippen molar-refractivity contribution in [2.24, 2.45) is 0 Å². The number of benzene rings is 3. The summed E-state index contributed by atoms with van der Waals surface area (Å²) in [5.74, 6) is 2.94. The van der Waals surface area contributed by atoms with E-state index in [1.54, 1.807) is 30.9 Å². The van der Waals surface area contributed by atoms with Crippen LogP contribution >= 0.6 is 0 Å². The Morgan fingerprint density at radius 1 is 0.655 bits per heavy atom. The highest BCUT2D eigenvalue weighted by molar-refractivity contribution is 5.55. The van der Waals surface area contributed by atoms with Crippen molar-refractivity contribution in [3.8, 4) is 40.0 Å². The van der Waals surface area contributed by atoms with Crippen molar-refractivity contribution >= 4 is 0 Å². The van der Waals surface area contributed by atoms with Gasteiger partial charge in [0.25, 0.3) is 0 Å². The zero-order valence-corrected chi connectivity index (χ0v) is 16.4. The Morgan fingerprint density at radius 2 is 1.14 bits per heavy atom. The molecule has 0 atom stereocenters. The summed E-state index contributed by atoms with van der Waals surface area (Å²) >= 11 is 0. The van der Waals surface area contributed by atoms with Gasteiger partial charge in [-0.15, -0.1) is 0 Å². The SMILES string of the molecule is COc1ccc(-c2nn(-c3ccc(OC)cc3)[n+](-c3ccc(OC)cc3)n2)cc1. The van der Waals surface area contributed by atoms with Crippen LogP contribution in [0.5, 0.6) is 17.2 Å². The van der Waals surface area contributed by atoms with Crippen LogP contribution in [0.15, 0.2) is 72.8 Å². The lowest BCUT2D eigenvalue weighted by molar-refractivity contribution is -0.734. The smallest absolute Gasteiger partial charge is 0.340 e. The highest BCUT2D eigenvalue weighted by atomic mass is 16.5. The van der Waals surface area contributed by atoms with E-state index in [4.69, 9.17) is 24.4 Å². The third-order valence-electron chi connectivity index (χ3n) is 4.51. The van der Waals surface area contributed by atoms with Gasteiger partial charge in [-0.25, -0.2) is 0 Å². The molecule has 4 aromatic rings. The minimum atomic E-state index is 0.597. The highest BCUT2D eigenvalue weighted by Crippen LogP contribution is 2.20. The van der Waals surface area contributed by atoms with E-state index in [1.807, 2.05) is 72.8 Å². The Labute approximate surface area is 168 Å². The van der Waals surface area contributed by atoms with Gasteiger partial charge in [-0.2, -0.15) is 0 Å². The van der Waals surface area contributed by atoms with E-state index in [2.05, 4.69) is 0 Å². The van der Waals surface area contributed by atoms with Gasteiger partial charge in [0.1, 0.15) is 22.9 Å². The van der Waals surface area contributed by atoms with Crippen LogP contribution in [0.4, 0.5) is 0 Å². The Kier molecular flexibility index (Phi) is 5.11. The highest BCUT2D eigenvalue weighted by Gasteiger charge is 2.23. The Balaban J connectivity index is 1.82. The minimum absolute atomic E-state index is 0.597. The molecule has 0 saturated heterocycles. The summed E-state index contributed by atoms with van der Waals surface area (Å²) in [6.45, 7) is 0. The molecule has 0 aliphatic carbocycles. The lowest BCUT2D eigenvalue weighted by Gasteiger charge is -2.03. The van der Waals surface area contributed by atoms with Gasteiger partial charge in [0, 0.05) is 4.80 Å². The standard InChI is InChI=1S/C22H21N4O3/c1-27-19-10-4-16(5-11-19)22-23-25(17-6-12-20(28-2)13-7-17)26(24-22)18-8-14-21(29-3)15-9-18/h4-15H,1-3H3/q+1. The van der Waals surface area contributed by atoms with Crippen molar-refractivity contribution in [3.05, 3.63) is 72.8 Å². The average molecular weight is 389 g/mol. The van der Waals surface area contributed by atoms with Gasteiger partial charge < -0.3 is 14.2 Å². The molecule has 0 radical (unpaired) electrons. The van der Waals surface area contributed by atoms with Crippen LogP contribution in [0.2, 0.25) is 0 Å². The fourth-order valence-electron chi connectivity index (χ4n) is 2.91. The van der Waals surface area contributed by atoms with Crippen LogP contribution in [0.3, 0.4) is 0 Å². The van der Waals surface area contributed by atoms with E-state index >= 15 is 0 Å². The van der Waals surface area contributed by atoms with E-state index in [9.17, 15) is 0 Å². The van der Waals surface area contributed by atoms with Gasteiger partial charge in [0.15, 0.2) is 5.69 Å². The maximum Gasteiger partial charge on any atom is 0.340 e. The van der Waals surface area contributed by atoms with E-state index in [0.717, 1.165) is 34.2 Å². The molecule has 0 unspecified atom stereocenters. The zero-order chi connectivity index (χ0) is 20.2. The molecule has 0 aliphatic heterocycles. The molecule has 29 heavy (non-hydrogen) atoms. The Morgan fingerprint density at radius 3 is 1.66 bits per heavy atom. The number of hydrogen-bond acceptors (Lipinski definition) is 5. The van der Waals surface area contributed by atoms with Crippen molar-refractivity contribution < 1.29 is 19.0 Å². The first-order valence-electron chi connectivity index (χ1n) is 9.05. The van der Waals surface area contributed by atoms with Gasteiger partial charge >= 0.3 is 5.82 Å². The summed E-state index contributed by atoms with van der Waals surface area (Å²) in [5, 5.41) is 9.47. The number of nitrogens with zero attached hydrogens (tertiary/aromatic N) is 4. The predicted molar refractivity (Wildman–Crippen MR) is 108 cm³/mol. The normalized spacial score (nSPS) is 10.6. The van der Waals surface area contributed by atoms with Crippen molar-refractivity contribution in [1.29, 1.82) is 0 Å². The second-order valence-corrected chi connectivity index (χ2v) is 6.23. The van der Waals surface area contributed by atoms with Gasteiger partial charge in [0.05, 0.1) is 32.0 Å². The third-order valence-corrected chi connectivity index (χ3v) is 4.51. The number of rotatable bonds is 6. The van der Waals surface area contributed by atoms with E-state index < -0.39 is 0 Å². The number of ether oxygens (including phenoxy) is 3. The van der Waals surface area contributed by atoms with Crippen LogP contribution in [-0.4, -0.2) is 36.3 Å². The molecule has 0 aliphatic rings. The topological polar surface area (TPSA) is 62.3 Å². The molecule has 0 amide bonds. The first-order valence-corrected chi connectivity index (χ1v) is 9.05. The summed E-state index contributed by atoms with van der Waals surface area (Å²) in [6, 6.07) is 23.0. The van der Waals surface area contributed by atoms with Gasteiger partial charge in [0.2, 0.25) is 0 Å². The van der Waals surface area contributed by atoms with Crippen LogP contribution in [0.25, 0.3) is 22.8 Å². The van der Waals surface area contributed by atoms with Crippen LogP contribution in [0.1, 0.15) is 0 Å². The molecule has 146 valence electrons. The summed E-state index contributed by atoms with van der Waals surface area (Å²) in [6.07, 6.45) is 0. The fourth-order valence-corrected chi connectivity index (χ4v) is 2.91. The first kappa shape index (κ1) is 18.5.